The predicted molar refractivity (Wildman–Crippen MR) is 110 cm³/mol. The zero-order valence-corrected chi connectivity index (χ0v) is 17.5. The second kappa shape index (κ2) is 9.79. The maximum absolute atomic E-state index is 12.7. The Kier molecular flexibility index (Phi) is 7.70. The third-order valence-electron chi connectivity index (χ3n) is 3.84. The van der Waals surface area contributed by atoms with Crippen LogP contribution in [0.15, 0.2) is 30.3 Å². The van der Waals surface area contributed by atoms with E-state index in [9.17, 15) is 9.59 Å². The quantitative estimate of drug-likeness (QED) is 0.448. The number of aryl methyl sites for hydroxylation is 2. The van der Waals surface area contributed by atoms with Crippen molar-refractivity contribution >= 4 is 52.4 Å². The Morgan fingerprint density at radius 3 is 2.29 bits per heavy atom. The highest BCUT2D eigenvalue weighted by Gasteiger charge is 2.22. The Balaban J connectivity index is 2.19. The topological polar surface area (TPSA) is 70.4 Å². The van der Waals surface area contributed by atoms with E-state index >= 15 is 0 Å². The SMILES string of the molecule is Cc1cc(C)cc(N(CCC#N)C(=O)COC(=O)c2c(Cl)ccc(Cl)c2Cl)c1. The largest absolute Gasteiger partial charge is 0.452 e. The number of halogens is 3. The summed E-state index contributed by atoms with van der Waals surface area (Å²) in [6.45, 7) is 3.46. The number of rotatable bonds is 6. The van der Waals surface area contributed by atoms with Gasteiger partial charge < -0.3 is 9.64 Å². The van der Waals surface area contributed by atoms with Gasteiger partial charge in [0.2, 0.25) is 0 Å². The lowest BCUT2D eigenvalue weighted by Crippen LogP contribution is -2.35. The highest BCUT2D eigenvalue weighted by Crippen LogP contribution is 2.32. The number of carbonyl (C=O) groups excluding carboxylic acids is 2. The summed E-state index contributed by atoms with van der Waals surface area (Å²) in [5.74, 6) is -1.32. The van der Waals surface area contributed by atoms with Crippen LogP contribution in [-0.4, -0.2) is 25.0 Å². The highest BCUT2D eigenvalue weighted by molar-refractivity contribution is 6.46. The van der Waals surface area contributed by atoms with Crippen molar-refractivity contribution in [3.05, 3.63) is 62.1 Å². The van der Waals surface area contributed by atoms with Crippen LogP contribution < -0.4 is 4.90 Å². The molecule has 0 spiro atoms. The third-order valence-corrected chi connectivity index (χ3v) is 4.96. The van der Waals surface area contributed by atoms with Crippen LogP contribution in [0.4, 0.5) is 5.69 Å². The molecule has 0 aliphatic carbocycles. The average Bonchev–Trinajstić information content (AvgIpc) is 2.63. The Labute approximate surface area is 178 Å². The zero-order valence-electron chi connectivity index (χ0n) is 15.3. The number of anilines is 1. The Hall–Kier alpha value is -2.26. The summed E-state index contributed by atoms with van der Waals surface area (Å²) in [5, 5.41) is 9.07. The molecule has 0 bridgehead atoms. The van der Waals surface area contributed by atoms with E-state index < -0.39 is 18.5 Å². The van der Waals surface area contributed by atoms with Gasteiger partial charge in [-0.3, -0.25) is 4.79 Å². The molecular weight excluding hydrogens is 423 g/mol. The smallest absolute Gasteiger partial charge is 0.341 e. The van der Waals surface area contributed by atoms with Gasteiger partial charge in [0.25, 0.3) is 5.91 Å². The lowest BCUT2D eigenvalue weighted by Gasteiger charge is -2.22. The maximum Gasteiger partial charge on any atom is 0.341 e. The zero-order chi connectivity index (χ0) is 20.8. The first-order valence-corrected chi connectivity index (χ1v) is 9.44. The Bertz CT molecular complexity index is 934. The van der Waals surface area contributed by atoms with Crippen molar-refractivity contribution in [2.45, 2.75) is 20.3 Å². The molecule has 0 radical (unpaired) electrons. The van der Waals surface area contributed by atoms with Crippen LogP contribution in [0.5, 0.6) is 0 Å². The molecule has 2 aromatic carbocycles. The number of nitriles is 1. The number of hydrogen-bond acceptors (Lipinski definition) is 4. The third kappa shape index (κ3) is 5.39. The van der Waals surface area contributed by atoms with E-state index in [-0.39, 0.29) is 33.6 Å². The number of hydrogen-bond donors (Lipinski definition) is 0. The van der Waals surface area contributed by atoms with Crippen LogP contribution in [0.2, 0.25) is 15.1 Å². The standard InChI is InChI=1S/C20H17Cl3N2O3/c1-12-8-13(2)10-14(9-12)25(7-3-6-24)17(26)11-28-20(27)18-15(21)4-5-16(22)19(18)23/h4-5,8-10H,3,7,11H2,1-2H3. The molecule has 0 heterocycles. The van der Waals surface area contributed by atoms with Gasteiger partial charge in [-0.05, 0) is 49.2 Å². The normalized spacial score (nSPS) is 10.3. The van der Waals surface area contributed by atoms with E-state index in [0.29, 0.717) is 5.69 Å². The molecule has 0 aliphatic rings. The van der Waals surface area contributed by atoms with Gasteiger partial charge in [-0.1, -0.05) is 40.9 Å². The molecule has 0 fully saturated rings. The van der Waals surface area contributed by atoms with Gasteiger partial charge in [-0.2, -0.15) is 5.26 Å². The van der Waals surface area contributed by atoms with Crippen molar-refractivity contribution in [3.8, 4) is 6.07 Å². The van der Waals surface area contributed by atoms with Gasteiger partial charge >= 0.3 is 5.97 Å². The lowest BCUT2D eigenvalue weighted by molar-refractivity contribution is -0.121. The fourth-order valence-electron chi connectivity index (χ4n) is 2.66. The molecule has 1 amide bonds. The van der Waals surface area contributed by atoms with Crippen molar-refractivity contribution in [2.75, 3.05) is 18.1 Å². The summed E-state index contributed by atoms with van der Waals surface area (Å²) in [5.41, 5.74) is 2.48. The number of esters is 1. The molecule has 0 aliphatic heterocycles. The molecule has 5 nitrogen and oxygen atoms in total. The first kappa shape index (κ1) is 22.0. The predicted octanol–water partition coefficient (Wildman–Crippen LogP) is 5.37. The second-order valence-electron chi connectivity index (χ2n) is 6.09. The van der Waals surface area contributed by atoms with Crippen molar-refractivity contribution in [1.29, 1.82) is 5.26 Å². The van der Waals surface area contributed by atoms with E-state index in [2.05, 4.69) is 0 Å². The van der Waals surface area contributed by atoms with Gasteiger partial charge in [0.05, 0.1) is 33.1 Å². The van der Waals surface area contributed by atoms with Gasteiger partial charge in [0.15, 0.2) is 6.61 Å². The molecule has 2 rings (SSSR count). The molecule has 2 aromatic rings. The average molecular weight is 440 g/mol. The number of ether oxygens (including phenoxy) is 1. The van der Waals surface area contributed by atoms with E-state index in [1.165, 1.54) is 17.0 Å². The van der Waals surface area contributed by atoms with Crippen LogP contribution in [-0.2, 0) is 9.53 Å². The second-order valence-corrected chi connectivity index (χ2v) is 7.29. The fourth-order valence-corrected chi connectivity index (χ4v) is 3.34. The summed E-state index contributed by atoms with van der Waals surface area (Å²) < 4.78 is 5.11. The van der Waals surface area contributed by atoms with Crippen LogP contribution in [0, 0.1) is 25.2 Å². The molecule has 8 heteroatoms. The Morgan fingerprint density at radius 1 is 1.07 bits per heavy atom. The monoisotopic (exact) mass is 438 g/mol. The minimum Gasteiger partial charge on any atom is -0.452 e. The number of nitrogens with zero attached hydrogens (tertiary/aromatic N) is 2. The first-order chi connectivity index (χ1) is 13.2. The van der Waals surface area contributed by atoms with Gasteiger partial charge in [0, 0.05) is 12.2 Å². The first-order valence-electron chi connectivity index (χ1n) is 8.30. The summed E-state index contributed by atoms with van der Waals surface area (Å²) in [4.78, 5) is 26.5. The van der Waals surface area contributed by atoms with E-state index in [1.54, 1.807) is 0 Å². The van der Waals surface area contributed by atoms with Gasteiger partial charge in [-0.15, -0.1) is 0 Å². The van der Waals surface area contributed by atoms with E-state index in [4.69, 9.17) is 44.8 Å². The summed E-state index contributed by atoms with van der Waals surface area (Å²) in [6.07, 6.45) is 0.138. The molecule has 0 atom stereocenters. The van der Waals surface area contributed by atoms with Crippen molar-refractivity contribution in [3.63, 3.8) is 0 Å². The summed E-state index contributed by atoms with van der Waals surface area (Å²) >= 11 is 17.9. The van der Waals surface area contributed by atoms with Gasteiger partial charge in [0.1, 0.15) is 0 Å². The van der Waals surface area contributed by atoms with Crippen LogP contribution in [0.25, 0.3) is 0 Å². The summed E-state index contributed by atoms with van der Waals surface area (Å²) in [6, 6.07) is 10.5. The fraction of sp³-hybridized carbons (Fsp3) is 0.250. The maximum atomic E-state index is 12.7. The Morgan fingerprint density at radius 2 is 1.68 bits per heavy atom. The molecule has 0 unspecified atom stereocenters. The minimum absolute atomic E-state index is 0.0396. The highest BCUT2D eigenvalue weighted by atomic mass is 35.5. The van der Waals surface area contributed by atoms with Crippen LogP contribution in [0.3, 0.4) is 0 Å². The molecule has 0 aromatic heterocycles. The van der Waals surface area contributed by atoms with Crippen LogP contribution >= 0.6 is 34.8 Å². The van der Waals surface area contributed by atoms with E-state index in [0.717, 1.165) is 11.1 Å². The van der Waals surface area contributed by atoms with E-state index in [1.807, 2.05) is 38.1 Å². The van der Waals surface area contributed by atoms with Crippen molar-refractivity contribution in [2.24, 2.45) is 0 Å². The molecule has 28 heavy (non-hydrogen) atoms. The number of carbonyl (C=O) groups is 2. The van der Waals surface area contributed by atoms with Crippen molar-refractivity contribution < 1.29 is 14.3 Å². The lowest BCUT2D eigenvalue weighted by atomic mass is 10.1. The summed E-state index contributed by atoms with van der Waals surface area (Å²) in [7, 11) is 0. The molecular formula is C20H17Cl3N2O3. The van der Waals surface area contributed by atoms with Crippen molar-refractivity contribution in [1.82, 2.24) is 0 Å². The number of benzene rings is 2. The molecule has 0 saturated heterocycles. The molecule has 0 saturated carbocycles. The molecule has 0 N–H and O–H groups in total. The number of amides is 1. The van der Waals surface area contributed by atoms with Gasteiger partial charge in [-0.25, -0.2) is 4.79 Å². The minimum atomic E-state index is -0.855. The molecule has 146 valence electrons. The van der Waals surface area contributed by atoms with Crippen LogP contribution in [0.1, 0.15) is 27.9 Å².